The standard InChI is InChI=1S/C19H25N/c1-18(2,3)14-8-7-13-9-10-20-12-16(19(4,5)6)17(20)15(13)11-14/h7-12,16H,1-6H3. The molecule has 1 aliphatic rings. The molecule has 1 heteroatoms. The molecular weight excluding hydrogens is 242 g/mol. The van der Waals surface area contributed by atoms with Crippen LogP contribution >= 0.6 is 0 Å². The summed E-state index contributed by atoms with van der Waals surface area (Å²) in [6.07, 6.45) is 2.19. The molecule has 0 fully saturated rings. The van der Waals surface area contributed by atoms with Crippen molar-refractivity contribution in [1.29, 1.82) is 0 Å². The highest BCUT2D eigenvalue weighted by Gasteiger charge is 2.37. The zero-order valence-electron chi connectivity index (χ0n) is 13.5. The van der Waals surface area contributed by atoms with Crippen molar-refractivity contribution < 1.29 is 4.57 Å². The first-order valence-corrected chi connectivity index (χ1v) is 7.51. The zero-order valence-corrected chi connectivity index (χ0v) is 13.5. The monoisotopic (exact) mass is 267 g/mol. The van der Waals surface area contributed by atoms with Gasteiger partial charge in [0.1, 0.15) is 0 Å². The molecule has 2 aromatic rings. The van der Waals surface area contributed by atoms with Crippen LogP contribution in [0.1, 0.15) is 58.7 Å². The second-order valence-electron chi connectivity index (χ2n) is 8.15. The van der Waals surface area contributed by atoms with E-state index in [1.165, 1.54) is 22.0 Å². The Hall–Kier alpha value is -1.50. The lowest BCUT2D eigenvalue weighted by Gasteiger charge is -2.41. The van der Waals surface area contributed by atoms with E-state index in [2.05, 4.69) is 83.1 Å². The number of aromatic nitrogens is 1. The second kappa shape index (κ2) is 4.00. The van der Waals surface area contributed by atoms with Crippen LogP contribution in [0.4, 0.5) is 0 Å². The van der Waals surface area contributed by atoms with Gasteiger partial charge in [0.2, 0.25) is 0 Å². The summed E-state index contributed by atoms with van der Waals surface area (Å²) in [5.41, 5.74) is 3.37. The number of pyridine rings is 1. The summed E-state index contributed by atoms with van der Waals surface area (Å²) in [4.78, 5) is 0. The van der Waals surface area contributed by atoms with Crippen LogP contribution in [0, 0.1) is 12.0 Å². The molecule has 20 heavy (non-hydrogen) atoms. The van der Waals surface area contributed by atoms with E-state index in [9.17, 15) is 0 Å². The summed E-state index contributed by atoms with van der Waals surface area (Å²) in [6, 6.07) is 9.16. The third-order valence-corrected chi connectivity index (χ3v) is 4.43. The minimum atomic E-state index is 0.201. The van der Waals surface area contributed by atoms with Gasteiger partial charge in [0.05, 0.1) is 11.9 Å². The van der Waals surface area contributed by atoms with E-state index in [0.717, 1.165) is 0 Å². The van der Waals surface area contributed by atoms with Crippen LogP contribution in [0.3, 0.4) is 0 Å². The fourth-order valence-electron chi connectivity index (χ4n) is 3.01. The maximum atomic E-state index is 2.40. The first-order chi connectivity index (χ1) is 9.18. The van der Waals surface area contributed by atoms with Gasteiger partial charge in [0.15, 0.2) is 0 Å². The molecule has 2 heterocycles. The third kappa shape index (κ3) is 2.00. The lowest BCUT2D eigenvalue weighted by molar-refractivity contribution is -0.682. The molecule has 0 saturated heterocycles. The Labute approximate surface area is 122 Å². The van der Waals surface area contributed by atoms with Crippen LogP contribution in [-0.4, -0.2) is 0 Å². The average Bonchev–Trinajstić information content (AvgIpc) is 2.25. The molecule has 1 aliphatic heterocycles. The van der Waals surface area contributed by atoms with Crippen LogP contribution in [0.15, 0.2) is 30.5 Å². The van der Waals surface area contributed by atoms with Gasteiger partial charge in [0, 0.05) is 12.5 Å². The highest BCUT2D eigenvalue weighted by Crippen LogP contribution is 2.43. The van der Waals surface area contributed by atoms with E-state index in [1.54, 1.807) is 0 Å². The summed E-state index contributed by atoms with van der Waals surface area (Å²) in [5.74, 6) is 0.543. The maximum Gasteiger partial charge on any atom is 0.0914 e. The van der Waals surface area contributed by atoms with Gasteiger partial charge in [-0.2, -0.15) is 0 Å². The summed E-state index contributed by atoms with van der Waals surface area (Å²) in [6.45, 7) is 16.2. The number of rotatable bonds is 0. The zero-order chi connectivity index (χ0) is 14.7. The van der Waals surface area contributed by atoms with Crippen molar-refractivity contribution in [2.24, 2.45) is 5.41 Å². The van der Waals surface area contributed by atoms with Gasteiger partial charge >= 0.3 is 0 Å². The quantitative estimate of drug-likeness (QED) is 0.486. The molecule has 106 valence electrons. The average molecular weight is 267 g/mol. The summed E-state index contributed by atoms with van der Waals surface area (Å²) < 4.78 is 2.30. The summed E-state index contributed by atoms with van der Waals surface area (Å²) >= 11 is 0. The number of hydrogen-bond acceptors (Lipinski definition) is 0. The minimum absolute atomic E-state index is 0.201. The van der Waals surface area contributed by atoms with Gasteiger partial charge in [0.25, 0.3) is 0 Å². The maximum absolute atomic E-state index is 2.40. The molecule has 1 nitrogen and oxygen atoms in total. The Kier molecular flexibility index (Phi) is 2.70. The summed E-state index contributed by atoms with van der Waals surface area (Å²) in [7, 11) is 0. The number of benzene rings is 1. The van der Waals surface area contributed by atoms with Gasteiger partial charge in [-0.05, 0) is 33.2 Å². The van der Waals surface area contributed by atoms with E-state index in [1.807, 2.05) is 0 Å². The first-order valence-electron chi connectivity index (χ1n) is 7.51. The molecule has 0 N–H and O–H groups in total. The van der Waals surface area contributed by atoms with Crippen molar-refractivity contribution in [3.63, 3.8) is 0 Å². The molecule has 0 bridgehead atoms. The Morgan fingerprint density at radius 2 is 1.70 bits per heavy atom. The lowest BCUT2D eigenvalue weighted by Crippen LogP contribution is -2.53. The van der Waals surface area contributed by atoms with Crippen molar-refractivity contribution in [3.05, 3.63) is 48.3 Å². The first kappa shape index (κ1) is 13.5. The smallest absolute Gasteiger partial charge is 0.0914 e. The van der Waals surface area contributed by atoms with Crippen molar-refractivity contribution in [3.8, 4) is 0 Å². The highest BCUT2D eigenvalue weighted by molar-refractivity contribution is 5.85. The molecular formula is C19H25N. The van der Waals surface area contributed by atoms with Crippen molar-refractivity contribution in [1.82, 2.24) is 0 Å². The van der Waals surface area contributed by atoms with E-state index in [0.29, 0.717) is 5.92 Å². The normalized spacial score (nSPS) is 18.4. The molecule has 1 aromatic carbocycles. The van der Waals surface area contributed by atoms with Crippen molar-refractivity contribution in [2.75, 3.05) is 0 Å². The minimum Gasteiger partial charge on any atom is -0.334 e. The van der Waals surface area contributed by atoms with Crippen LogP contribution in [0.2, 0.25) is 0 Å². The highest BCUT2D eigenvalue weighted by atomic mass is 15.0. The fraction of sp³-hybridized carbons (Fsp3) is 0.474. The van der Waals surface area contributed by atoms with Gasteiger partial charge in [-0.25, -0.2) is 0 Å². The van der Waals surface area contributed by atoms with E-state index in [-0.39, 0.29) is 10.8 Å². The number of hydrogen-bond donors (Lipinski definition) is 0. The van der Waals surface area contributed by atoms with Crippen molar-refractivity contribution >= 4 is 10.8 Å². The topological polar surface area (TPSA) is 3.88 Å². The molecule has 3 rings (SSSR count). The largest absolute Gasteiger partial charge is 0.334 e. The van der Waals surface area contributed by atoms with Gasteiger partial charge in [-0.15, -0.1) is 0 Å². The number of fused-ring (bicyclic) bond motifs is 3. The lowest BCUT2D eigenvalue weighted by atomic mass is 9.73. The van der Waals surface area contributed by atoms with Crippen LogP contribution in [0.5, 0.6) is 0 Å². The Morgan fingerprint density at radius 1 is 1.00 bits per heavy atom. The van der Waals surface area contributed by atoms with Crippen LogP contribution < -0.4 is 4.57 Å². The third-order valence-electron chi connectivity index (χ3n) is 4.43. The molecule has 0 aliphatic carbocycles. The molecule has 1 aromatic heterocycles. The summed E-state index contributed by atoms with van der Waals surface area (Å²) in [5, 5.41) is 2.77. The molecule has 1 atom stereocenters. The van der Waals surface area contributed by atoms with Gasteiger partial charge in [-0.3, -0.25) is 0 Å². The molecule has 0 saturated carbocycles. The SMILES string of the molecule is CC(C)(C)c1ccc2cc[n+]3c(c2c1)C(C(C)(C)C)[CH-]3. The molecule has 1 unspecified atom stereocenters. The predicted octanol–water partition coefficient (Wildman–Crippen LogP) is 4.58. The molecule has 0 radical (unpaired) electrons. The second-order valence-corrected chi connectivity index (χ2v) is 8.15. The molecule has 0 spiro atoms. The predicted molar refractivity (Wildman–Crippen MR) is 84.7 cm³/mol. The van der Waals surface area contributed by atoms with E-state index < -0.39 is 0 Å². The van der Waals surface area contributed by atoms with Crippen molar-refractivity contribution in [2.45, 2.75) is 52.9 Å². The van der Waals surface area contributed by atoms with E-state index in [4.69, 9.17) is 0 Å². The van der Waals surface area contributed by atoms with Gasteiger partial charge < -0.3 is 4.57 Å². The Balaban J connectivity index is 2.22. The number of nitrogens with zero attached hydrogens (tertiary/aromatic N) is 1. The molecule has 0 amide bonds. The Bertz CT molecular complexity index is 668. The van der Waals surface area contributed by atoms with Crippen LogP contribution in [-0.2, 0) is 5.41 Å². The Morgan fingerprint density at radius 3 is 2.30 bits per heavy atom. The van der Waals surface area contributed by atoms with Gasteiger partial charge in [-0.1, -0.05) is 59.7 Å². The fourth-order valence-corrected chi connectivity index (χ4v) is 3.01. The van der Waals surface area contributed by atoms with E-state index >= 15 is 0 Å². The van der Waals surface area contributed by atoms with Crippen LogP contribution in [0.25, 0.3) is 10.8 Å².